The average Bonchev–Trinajstić information content (AvgIpc) is 3.19. The Hall–Kier alpha value is 0.0500. The van der Waals surface area contributed by atoms with Crippen molar-refractivity contribution in [1.82, 2.24) is 9.62 Å². The maximum Gasteiger partial charge on any atom is 0.245 e. The van der Waals surface area contributed by atoms with Gasteiger partial charge in [-0.1, -0.05) is 6.92 Å². The highest BCUT2D eigenvalue weighted by molar-refractivity contribution is 9.11. The van der Waals surface area contributed by atoms with E-state index in [4.69, 9.17) is 0 Å². The molecule has 0 spiro atoms. The Morgan fingerprint density at radius 3 is 2.86 bits per heavy atom. The van der Waals surface area contributed by atoms with Crippen LogP contribution in [-0.2, 0) is 16.6 Å². The minimum atomic E-state index is -3.36. The number of piperidine rings is 1. The van der Waals surface area contributed by atoms with Crippen molar-refractivity contribution >= 4 is 37.3 Å². The van der Waals surface area contributed by atoms with Crippen LogP contribution in [-0.4, -0.2) is 31.9 Å². The molecule has 3 rings (SSSR count). The molecule has 1 atom stereocenters. The fourth-order valence-electron chi connectivity index (χ4n) is 2.70. The molecular weight excluding hydrogens is 372 g/mol. The number of sulfonamides is 1. The minimum absolute atomic E-state index is 0.439. The van der Waals surface area contributed by atoms with Gasteiger partial charge in [-0.15, -0.1) is 11.3 Å². The number of thiophene rings is 1. The molecule has 21 heavy (non-hydrogen) atoms. The number of halogens is 1. The van der Waals surface area contributed by atoms with Crippen LogP contribution >= 0.6 is 27.3 Å². The summed E-state index contributed by atoms with van der Waals surface area (Å²) in [5.41, 5.74) is 0. The zero-order valence-electron chi connectivity index (χ0n) is 12.1. The third-order valence-electron chi connectivity index (χ3n) is 4.09. The molecule has 1 saturated heterocycles. The number of hydrogen-bond donors (Lipinski definition) is 1. The van der Waals surface area contributed by atoms with E-state index >= 15 is 0 Å². The van der Waals surface area contributed by atoms with Crippen LogP contribution in [0, 0.1) is 5.92 Å². The van der Waals surface area contributed by atoms with Crippen LogP contribution in [0.25, 0.3) is 0 Å². The van der Waals surface area contributed by atoms with E-state index in [-0.39, 0.29) is 0 Å². The monoisotopic (exact) mass is 392 g/mol. The molecule has 7 heteroatoms. The Bertz CT molecular complexity index is 610. The van der Waals surface area contributed by atoms with Crippen LogP contribution < -0.4 is 5.32 Å². The number of nitrogens with one attached hydrogen (secondary N) is 1. The van der Waals surface area contributed by atoms with E-state index in [0.717, 1.165) is 28.0 Å². The highest BCUT2D eigenvalue weighted by Gasteiger charge is 2.31. The Morgan fingerprint density at radius 2 is 2.19 bits per heavy atom. The summed E-state index contributed by atoms with van der Waals surface area (Å²) in [5.74, 6) is 0.446. The summed E-state index contributed by atoms with van der Waals surface area (Å²) in [6.07, 6.45) is 4.55. The maximum atomic E-state index is 12.8. The van der Waals surface area contributed by atoms with Crippen molar-refractivity contribution in [3.05, 3.63) is 14.7 Å². The molecule has 1 N–H and O–H groups in total. The van der Waals surface area contributed by atoms with Crippen molar-refractivity contribution in [3.63, 3.8) is 0 Å². The fraction of sp³-hybridized carbons (Fsp3) is 0.714. The summed E-state index contributed by atoms with van der Waals surface area (Å²) in [6.45, 7) is 4.17. The van der Waals surface area contributed by atoms with Gasteiger partial charge in [-0.25, -0.2) is 8.42 Å². The first-order valence-corrected chi connectivity index (χ1v) is 10.5. The van der Waals surface area contributed by atoms with Gasteiger partial charge in [0, 0.05) is 30.6 Å². The summed E-state index contributed by atoms with van der Waals surface area (Å²) < 4.78 is 28.0. The largest absolute Gasteiger partial charge is 0.309 e. The van der Waals surface area contributed by atoms with E-state index in [1.807, 2.05) is 6.07 Å². The van der Waals surface area contributed by atoms with Gasteiger partial charge in [0.15, 0.2) is 0 Å². The molecule has 1 unspecified atom stereocenters. The lowest BCUT2D eigenvalue weighted by Gasteiger charge is -2.29. The molecule has 2 aliphatic rings. The minimum Gasteiger partial charge on any atom is -0.309 e. The molecule has 1 aliphatic heterocycles. The van der Waals surface area contributed by atoms with Crippen LogP contribution in [0.15, 0.2) is 14.7 Å². The summed E-state index contributed by atoms with van der Waals surface area (Å²) in [5, 5.41) is 3.43. The summed E-state index contributed by atoms with van der Waals surface area (Å²) in [4.78, 5) is 1.52. The Kier molecular flexibility index (Phi) is 4.76. The van der Waals surface area contributed by atoms with Gasteiger partial charge in [0.2, 0.25) is 10.0 Å². The Morgan fingerprint density at radius 1 is 1.43 bits per heavy atom. The summed E-state index contributed by atoms with van der Waals surface area (Å²) >= 11 is 4.97. The van der Waals surface area contributed by atoms with Crippen molar-refractivity contribution in [2.45, 2.75) is 50.1 Å². The lowest BCUT2D eigenvalue weighted by Crippen LogP contribution is -2.39. The number of nitrogens with zero attached hydrogens (tertiary/aromatic N) is 1. The predicted octanol–water partition coefficient (Wildman–Crippen LogP) is 3.18. The smallest absolute Gasteiger partial charge is 0.245 e. The second-order valence-electron chi connectivity index (χ2n) is 6.12. The van der Waals surface area contributed by atoms with E-state index in [1.54, 1.807) is 4.31 Å². The molecule has 2 heterocycles. The molecular formula is C14H21BrN2O2S2. The zero-order valence-corrected chi connectivity index (χ0v) is 15.4. The average molecular weight is 393 g/mol. The summed E-state index contributed by atoms with van der Waals surface area (Å²) in [7, 11) is -3.36. The van der Waals surface area contributed by atoms with Crippen molar-refractivity contribution in [1.29, 1.82) is 0 Å². The van der Waals surface area contributed by atoms with Crippen LogP contribution in [0.5, 0.6) is 0 Å². The van der Waals surface area contributed by atoms with Gasteiger partial charge in [-0.3, -0.25) is 0 Å². The van der Waals surface area contributed by atoms with E-state index < -0.39 is 10.0 Å². The molecule has 0 radical (unpaired) electrons. The van der Waals surface area contributed by atoms with Crippen LogP contribution in [0.1, 0.15) is 37.5 Å². The van der Waals surface area contributed by atoms with Crippen LogP contribution in [0.2, 0.25) is 0 Å². The lowest BCUT2D eigenvalue weighted by molar-refractivity contribution is 0.281. The highest BCUT2D eigenvalue weighted by Crippen LogP contribution is 2.35. The number of hydrogen-bond acceptors (Lipinski definition) is 4. The molecule has 1 saturated carbocycles. The van der Waals surface area contributed by atoms with E-state index in [1.165, 1.54) is 24.2 Å². The molecule has 118 valence electrons. The maximum absolute atomic E-state index is 12.8. The first-order valence-electron chi connectivity index (χ1n) is 7.48. The molecule has 4 nitrogen and oxygen atoms in total. The highest BCUT2D eigenvalue weighted by atomic mass is 79.9. The molecule has 1 aromatic rings. The predicted molar refractivity (Wildman–Crippen MR) is 89.0 cm³/mol. The van der Waals surface area contributed by atoms with Crippen molar-refractivity contribution in [3.8, 4) is 0 Å². The topological polar surface area (TPSA) is 49.4 Å². The van der Waals surface area contributed by atoms with Gasteiger partial charge in [-0.05, 0) is 53.6 Å². The normalized spacial score (nSPS) is 24.4. The van der Waals surface area contributed by atoms with Gasteiger partial charge in [0.25, 0.3) is 0 Å². The molecule has 1 aliphatic carbocycles. The SMILES string of the molecule is CC1CCCN(S(=O)(=O)c2cc(CNC3CC3)sc2Br)C1. The van der Waals surface area contributed by atoms with Crippen molar-refractivity contribution in [2.24, 2.45) is 5.92 Å². The van der Waals surface area contributed by atoms with Crippen molar-refractivity contribution < 1.29 is 8.42 Å². The molecule has 0 bridgehead atoms. The molecule has 1 aromatic heterocycles. The third kappa shape index (κ3) is 3.69. The first-order chi connectivity index (χ1) is 9.96. The van der Waals surface area contributed by atoms with Gasteiger partial charge < -0.3 is 5.32 Å². The second-order valence-corrected chi connectivity index (χ2v) is 10.5. The fourth-order valence-corrected chi connectivity index (χ4v) is 6.88. The quantitative estimate of drug-likeness (QED) is 0.836. The zero-order chi connectivity index (χ0) is 15.0. The van der Waals surface area contributed by atoms with Crippen LogP contribution in [0.3, 0.4) is 0 Å². The third-order valence-corrected chi connectivity index (χ3v) is 8.20. The lowest BCUT2D eigenvalue weighted by atomic mass is 10.0. The molecule has 0 aromatic carbocycles. The Labute approximate surface area is 139 Å². The standard InChI is InChI=1S/C14H21BrN2O2S2/c1-10-3-2-6-17(9-10)21(18,19)13-7-12(20-14(13)15)8-16-11-4-5-11/h7,10-11,16H,2-6,8-9H2,1H3. The van der Waals surface area contributed by atoms with Gasteiger partial charge in [0.1, 0.15) is 4.90 Å². The van der Waals surface area contributed by atoms with E-state index in [2.05, 4.69) is 28.2 Å². The van der Waals surface area contributed by atoms with Gasteiger partial charge in [-0.2, -0.15) is 4.31 Å². The van der Waals surface area contributed by atoms with Gasteiger partial charge >= 0.3 is 0 Å². The second kappa shape index (κ2) is 6.28. The van der Waals surface area contributed by atoms with Crippen molar-refractivity contribution in [2.75, 3.05) is 13.1 Å². The van der Waals surface area contributed by atoms with E-state index in [9.17, 15) is 8.42 Å². The van der Waals surface area contributed by atoms with Crippen LogP contribution in [0.4, 0.5) is 0 Å². The number of rotatable bonds is 5. The van der Waals surface area contributed by atoms with Gasteiger partial charge in [0.05, 0.1) is 3.79 Å². The van der Waals surface area contributed by atoms with E-state index in [0.29, 0.717) is 29.9 Å². The molecule has 0 amide bonds. The summed E-state index contributed by atoms with van der Waals surface area (Å²) in [6, 6.07) is 2.47. The molecule has 2 fully saturated rings. The Balaban J connectivity index is 1.77. The first kappa shape index (κ1) is 15.9.